The van der Waals surface area contributed by atoms with Gasteiger partial charge in [0, 0.05) is 27.8 Å². The van der Waals surface area contributed by atoms with Crippen molar-refractivity contribution in [1.82, 2.24) is 4.90 Å². The normalized spacial score (nSPS) is 15.3. The zero-order valence-corrected chi connectivity index (χ0v) is 17.5. The first-order valence-corrected chi connectivity index (χ1v) is 11.8. The van der Waals surface area contributed by atoms with Gasteiger partial charge in [-0.25, -0.2) is 9.69 Å². The van der Waals surface area contributed by atoms with Crippen LogP contribution in [0.3, 0.4) is 0 Å². The minimum atomic E-state index is -0.461. The molecule has 0 spiro atoms. The summed E-state index contributed by atoms with van der Waals surface area (Å²) in [5.41, 5.74) is 1.45. The number of imide groups is 1. The molecule has 0 atom stereocenters. The Kier molecular flexibility index (Phi) is 6.51. The summed E-state index contributed by atoms with van der Waals surface area (Å²) >= 11 is 0. The lowest BCUT2D eigenvalue weighted by atomic mass is 10.2. The number of carbonyl (C=O) groups excluding carboxylic acids is 2. The van der Waals surface area contributed by atoms with Crippen molar-refractivity contribution >= 4 is 38.5 Å². The Balaban J connectivity index is 1.45. The number of nitrogens with zero attached hydrogens (tertiary/aromatic N) is 1. The number of hydrogen-bond acceptors (Lipinski definition) is 6. The summed E-state index contributed by atoms with van der Waals surface area (Å²) in [7, 11) is 2.74. The van der Waals surface area contributed by atoms with Crippen LogP contribution >= 0.6 is 21.6 Å². The van der Waals surface area contributed by atoms with Crippen LogP contribution in [0, 0.1) is 0 Å². The average Bonchev–Trinajstić information content (AvgIpc) is 3.42. The molecule has 1 N–H and O–H groups in total. The van der Waals surface area contributed by atoms with Crippen LogP contribution in [0.4, 0.5) is 15.3 Å². The molecule has 29 heavy (non-hydrogen) atoms. The molecule has 1 aliphatic carbocycles. The Morgan fingerprint density at radius 1 is 1.03 bits per heavy atom. The molecule has 1 aliphatic heterocycles. The van der Waals surface area contributed by atoms with E-state index in [1.165, 1.54) is 17.7 Å². The van der Waals surface area contributed by atoms with Gasteiger partial charge in [0.1, 0.15) is 0 Å². The SMILES string of the molecule is O=C(Nc1ccc2c(c1)OCO2)N(Cc1ccccc1)C(=O)SSC1CCCC1. The maximum absolute atomic E-state index is 13.0. The first-order valence-electron chi connectivity index (χ1n) is 9.58. The number of carbonyl (C=O) groups is 2. The third-order valence-corrected chi connectivity index (χ3v) is 7.57. The number of nitrogens with one attached hydrogen (secondary N) is 1. The summed E-state index contributed by atoms with van der Waals surface area (Å²) in [4.78, 5) is 27.1. The predicted molar refractivity (Wildman–Crippen MR) is 116 cm³/mol. The molecule has 2 aliphatic rings. The molecule has 3 amide bonds. The molecular weight excluding hydrogens is 408 g/mol. The number of urea groups is 1. The zero-order chi connectivity index (χ0) is 20.1. The fourth-order valence-electron chi connectivity index (χ4n) is 3.29. The maximum atomic E-state index is 13.0. The summed E-state index contributed by atoms with van der Waals surface area (Å²) in [6.45, 7) is 0.384. The molecule has 2 aromatic carbocycles. The third-order valence-electron chi connectivity index (χ3n) is 4.83. The van der Waals surface area contributed by atoms with Gasteiger partial charge in [-0.1, -0.05) is 54.0 Å². The molecule has 4 rings (SSSR count). The smallest absolute Gasteiger partial charge is 0.329 e. The summed E-state index contributed by atoms with van der Waals surface area (Å²) in [6, 6.07) is 14.2. The molecule has 2 aromatic rings. The van der Waals surface area contributed by atoms with Crippen LogP contribution in [0.2, 0.25) is 0 Å². The van der Waals surface area contributed by atoms with Crippen LogP contribution in [0.1, 0.15) is 31.2 Å². The molecular formula is C21H22N2O4S2. The van der Waals surface area contributed by atoms with Gasteiger partial charge in [0.2, 0.25) is 6.79 Å². The topological polar surface area (TPSA) is 67.9 Å². The van der Waals surface area contributed by atoms with Crippen LogP contribution in [-0.4, -0.2) is 28.2 Å². The average molecular weight is 431 g/mol. The second-order valence-corrected chi connectivity index (χ2v) is 9.37. The molecule has 1 heterocycles. The molecule has 0 bridgehead atoms. The van der Waals surface area contributed by atoms with E-state index in [0.29, 0.717) is 22.4 Å². The van der Waals surface area contributed by atoms with Gasteiger partial charge in [0.15, 0.2) is 11.5 Å². The van der Waals surface area contributed by atoms with E-state index in [0.717, 1.165) is 29.2 Å². The highest BCUT2D eigenvalue weighted by molar-refractivity contribution is 8.82. The molecule has 8 heteroatoms. The molecule has 0 aromatic heterocycles. The van der Waals surface area contributed by atoms with Gasteiger partial charge in [-0.05, 0) is 30.5 Å². The van der Waals surface area contributed by atoms with Gasteiger partial charge in [0.25, 0.3) is 0 Å². The Bertz CT molecular complexity index is 872. The monoisotopic (exact) mass is 430 g/mol. The number of benzene rings is 2. The highest BCUT2D eigenvalue weighted by Crippen LogP contribution is 2.39. The van der Waals surface area contributed by atoms with Crippen LogP contribution < -0.4 is 14.8 Å². The third kappa shape index (κ3) is 5.19. The van der Waals surface area contributed by atoms with Gasteiger partial charge in [-0.15, -0.1) is 0 Å². The van der Waals surface area contributed by atoms with E-state index in [4.69, 9.17) is 9.47 Å². The zero-order valence-electron chi connectivity index (χ0n) is 15.8. The van der Waals surface area contributed by atoms with Crippen molar-refractivity contribution in [2.75, 3.05) is 12.1 Å². The molecule has 0 radical (unpaired) electrons. The van der Waals surface area contributed by atoms with Gasteiger partial charge < -0.3 is 14.8 Å². The molecule has 152 valence electrons. The maximum Gasteiger partial charge on any atom is 0.329 e. The predicted octanol–water partition coefficient (Wildman–Crippen LogP) is 5.89. The van der Waals surface area contributed by atoms with Crippen molar-refractivity contribution < 1.29 is 19.1 Å². The minimum absolute atomic E-state index is 0.167. The first-order chi connectivity index (χ1) is 14.2. The van der Waals surface area contributed by atoms with Crippen molar-refractivity contribution in [2.24, 2.45) is 0 Å². The lowest BCUT2D eigenvalue weighted by molar-refractivity contribution is 0.174. The number of anilines is 1. The fourth-order valence-corrected chi connectivity index (χ4v) is 5.77. The standard InChI is InChI=1S/C21H22N2O4S2/c24-20(22-16-10-11-18-19(12-16)27-14-26-18)23(13-15-6-2-1-3-7-15)21(25)29-28-17-8-4-5-9-17/h1-3,6-7,10-12,17H,4-5,8-9,13-14H2,(H,22,24). The Labute approximate surface area is 177 Å². The number of fused-ring (bicyclic) bond motifs is 1. The molecule has 0 unspecified atom stereocenters. The summed E-state index contributed by atoms with van der Waals surface area (Å²) < 4.78 is 10.7. The van der Waals surface area contributed by atoms with E-state index in [1.54, 1.807) is 29.0 Å². The molecule has 1 saturated carbocycles. The fraction of sp³-hybridized carbons (Fsp3) is 0.333. The highest BCUT2D eigenvalue weighted by Gasteiger charge is 2.26. The van der Waals surface area contributed by atoms with Crippen molar-refractivity contribution in [2.45, 2.75) is 37.5 Å². The second-order valence-electron chi connectivity index (χ2n) is 6.92. The van der Waals surface area contributed by atoms with E-state index in [2.05, 4.69) is 5.32 Å². The van der Waals surface area contributed by atoms with Crippen molar-refractivity contribution in [3.63, 3.8) is 0 Å². The molecule has 1 fully saturated rings. The summed E-state index contributed by atoms with van der Waals surface area (Å²) in [5, 5.41) is 3.03. The van der Waals surface area contributed by atoms with Crippen LogP contribution in [0.25, 0.3) is 0 Å². The Hall–Kier alpha value is -2.32. The van der Waals surface area contributed by atoms with Gasteiger partial charge >= 0.3 is 11.3 Å². The summed E-state index contributed by atoms with van der Waals surface area (Å²) in [6.07, 6.45) is 4.69. The van der Waals surface area contributed by atoms with E-state index >= 15 is 0 Å². The van der Waals surface area contributed by atoms with Crippen molar-refractivity contribution in [3.8, 4) is 11.5 Å². The van der Waals surface area contributed by atoms with Gasteiger partial charge in [-0.3, -0.25) is 4.79 Å². The van der Waals surface area contributed by atoms with Crippen LogP contribution in [0.15, 0.2) is 48.5 Å². The van der Waals surface area contributed by atoms with Crippen LogP contribution in [-0.2, 0) is 6.54 Å². The molecule has 0 saturated heterocycles. The lowest BCUT2D eigenvalue weighted by Crippen LogP contribution is -2.37. The minimum Gasteiger partial charge on any atom is -0.454 e. The number of hydrogen-bond donors (Lipinski definition) is 1. The van der Waals surface area contributed by atoms with Crippen molar-refractivity contribution in [3.05, 3.63) is 54.1 Å². The van der Waals surface area contributed by atoms with E-state index in [9.17, 15) is 9.59 Å². The first kappa shape index (κ1) is 20.0. The Morgan fingerprint density at radius 3 is 2.59 bits per heavy atom. The van der Waals surface area contributed by atoms with E-state index < -0.39 is 6.03 Å². The molecule has 6 nitrogen and oxygen atoms in total. The summed E-state index contributed by atoms with van der Waals surface area (Å²) in [5.74, 6) is 1.22. The largest absolute Gasteiger partial charge is 0.454 e. The number of amides is 3. The van der Waals surface area contributed by atoms with Gasteiger partial charge in [-0.2, -0.15) is 0 Å². The number of ether oxygens (including phenoxy) is 2. The quantitative estimate of drug-likeness (QED) is 0.596. The lowest BCUT2D eigenvalue weighted by Gasteiger charge is -2.21. The second kappa shape index (κ2) is 9.45. The van der Waals surface area contributed by atoms with E-state index in [1.807, 2.05) is 30.3 Å². The Morgan fingerprint density at radius 2 is 1.79 bits per heavy atom. The number of rotatable bonds is 5. The van der Waals surface area contributed by atoms with E-state index in [-0.39, 0.29) is 18.6 Å². The van der Waals surface area contributed by atoms with Gasteiger partial charge in [0.05, 0.1) is 6.54 Å². The van der Waals surface area contributed by atoms with Crippen LogP contribution in [0.5, 0.6) is 11.5 Å². The van der Waals surface area contributed by atoms with Crippen molar-refractivity contribution in [1.29, 1.82) is 0 Å². The highest BCUT2D eigenvalue weighted by atomic mass is 33.1.